The van der Waals surface area contributed by atoms with Gasteiger partial charge in [0.15, 0.2) is 0 Å². The third-order valence-corrected chi connectivity index (χ3v) is 3.98. The number of benzene rings is 1. The minimum absolute atomic E-state index is 0.103. The van der Waals surface area contributed by atoms with E-state index in [1.54, 1.807) is 6.33 Å². The van der Waals surface area contributed by atoms with Gasteiger partial charge in [-0.2, -0.15) is 0 Å². The van der Waals surface area contributed by atoms with Crippen molar-refractivity contribution in [2.75, 3.05) is 19.0 Å². The van der Waals surface area contributed by atoms with E-state index in [1.807, 2.05) is 18.2 Å². The van der Waals surface area contributed by atoms with E-state index in [4.69, 9.17) is 4.74 Å². The lowest BCUT2D eigenvalue weighted by Crippen LogP contribution is -2.44. The minimum atomic E-state index is -0.336. The van der Waals surface area contributed by atoms with Crippen LogP contribution in [0.25, 0.3) is 11.0 Å². The maximum absolute atomic E-state index is 11.8. The largest absolute Gasteiger partial charge is 0.469 e. The van der Waals surface area contributed by atoms with Crippen LogP contribution < -0.4 is 5.32 Å². The molecule has 3 rings (SSSR count). The number of hydrogen-bond donors (Lipinski definition) is 2. The zero-order chi connectivity index (χ0) is 13.3. The highest BCUT2D eigenvalue weighted by Gasteiger charge is 2.45. The first-order valence-corrected chi connectivity index (χ1v) is 6.49. The second-order valence-corrected chi connectivity index (χ2v) is 5.11. The molecule has 0 amide bonds. The number of aromatic nitrogens is 2. The Labute approximate surface area is 111 Å². The summed E-state index contributed by atoms with van der Waals surface area (Å²) in [7, 11) is 1.46. The second kappa shape index (κ2) is 4.57. The molecule has 0 radical (unpaired) electrons. The van der Waals surface area contributed by atoms with Crippen LogP contribution in [0.15, 0.2) is 24.5 Å². The molecule has 2 N–H and O–H groups in total. The fourth-order valence-electron chi connectivity index (χ4n) is 2.59. The lowest BCUT2D eigenvalue weighted by Gasteiger charge is -2.39. The molecule has 0 bridgehead atoms. The lowest BCUT2D eigenvalue weighted by molar-refractivity contribution is -0.157. The second-order valence-electron chi connectivity index (χ2n) is 5.11. The molecule has 0 aliphatic heterocycles. The zero-order valence-electron chi connectivity index (χ0n) is 10.9. The highest BCUT2D eigenvalue weighted by Crippen LogP contribution is 2.42. The number of rotatable bonds is 4. The summed E-state index contributed by atoms with van der Waals surface area (Å²) in [4.78, 5) is 19.1. The summed E-state index contributed by atoms with van der Waals surface area (Å²) in [5.74, 6) is -0.103. The molecule has 2 aromatic rings. The number of ether oxygens (including phenoxy) is 1. The average Bonchev–Trinajstić information content (AvgIpc) is 2.84. The van der Waals surface area contributed by atoms with Crippen LogP contribution in [0.2, 0.25) is 0 Å². The van der Waals surface area contributed by atoms with Crippen LogP contribution >= 0.6 is 0 Å². The van der Waals surface area contributed by atoms with Gasteiger partial charge in [-0.25, -0.2) is 4.98 Å². The summed E-state index contributed by atoms with van der Waals surface area (Å²) in [6.45, 7) is 0.624. The number of methoxy groups -OCH3 is 1. The summed E-state index contributed by atoms with van der Waals surface area (Å²) in [6, 6.07) is 5.94. The van der Waals surface area contributed by atoms with E-state index in [1.165, 1.54) is 7.11 Å². The molecule has 0 spiro atoms. The normalized spacial score (nSPS) is 16.9. The van der Waals surface area contributed by atoms with Gasteiger partial charge in [0.2, 0.25) is 0 Å². The van der Waals surface area contributed by atoms with Crippen LogP contribution in [0.4, 0.5) is 5.69 Å². The first-order valence-electron chi connectivity index (χ1n) is 6.49. The highest BCUT2D eigenvalue weighted by molar-refractivity contribution is 5.80. The lowest BCUT2D eigenvalue weighted by atomic mass is 9.68. The number of nitrogens with zero attached hydrogens (tertiary/aromatic N) is 1. The smallest absolute Gasteiger partial charge is 0.313 e. The number of hydrogen-bond acceptors (Lipinski definition) is 4. The predicted molar refractivity (Wildman–Crippen MR) is 72.9 cm³/mol. The Morgan fingerprint density at radius 1 is 1.53 bits per heavy atom. The van der Waals surface area contributed by atoms with E-state index in [9.17, 15) is 4.79 Å². The van der Waals surface area contributed by atoms with Crippen LogP contribution in [0.5, 0.6) is 0 Å². The van der Waals surface area contributed by atoms with E-state index in [-0.39, 0.29) is 11.4 Å². The number of nitrogens with one attached hydrogen (secondary N) is 2. The fraction of sp³-hybridized carbons (Fsp3) is 0.429. The van der Waals surface area contributed by atoms with Crippen LogP contribution in [-0.4, -0.2) is 29.6 Å². The number of fused-ring (bicyclic) bond motifs is 1. The molecule has 0 unspecified atom stereocenters. The van der Waals surface area contributed by atoms with Crippen molar-refractivity contribution in [1.29, 1.82) is 0 Å². The number of anilines is 1. The molecule has 100 valence electrons. The van der Waals surface area contributed by atoms with Crippen molar-refractivity contribution in [3.63, 3.8) is 0 Å². The fourth-order valence-corrected chi connectivity index (χ4v) is 2.59. The van der Waals surface area contributed by atoms with Gasteiger partial charge >= 0.3 is 5.97 Å². The van der Waals surface area contributed by atoms with Crippen molar-refractivity contribution in [2.24, 2.45) is 5.41 Å². The van der Waals surface area contributed by atoms with E-state index in [0.29, 0.717) is 6.54 Å². The summed E-state index contributed by atoms with van der Waals surface area (Å²) in [5, 5.41) is 3.34. The van der Waals surface area contributed by atoms with Crippen molar-refractivity contribution < 1.29 is 9.53 Å². The van der Waals surface area contributed by atoms with E-state index < -0.39 is 0 Å². The summed E-state index contributed by atoms with van der Waals surface area (Å²) >= 11 is 0. The van der Waals surface area contributed by atoms with Gasteiger partial charge in [-0.1, -0.05) is 6.42 Å². The molecule has 19 heavy (non-hydrogen) atoms. The molecule has 1 aliphatic rings. The molecule has 0 saturated heterocycles. The van der Waals surface area contributed by atoms with Crippen molar-refractivity contribution in [3.8, 4) is 0 Å². The Balaban J connectivity index is 1.72. The van der Waals surface area contributed by atoms with Gasteiger partial charge in [0.05, 0.1) is 29.9 Å². The molecular weight excluding hydrogens is 242 g/mol. The van der Waals surface area contributed by atoms with Gasteiger partial charge < -0.3 is 15.0 Å². The first kappa shape index (κ1) is 12.0. The molecule has 1 aliphatic carbocycles. The van der Waals surface area contributed by atoms with Crippen LogP contribution in [-0.2, 0) is 9.53 Å². The van der Waals surface area contributed by atoms with Crippen LogP contribution in [0.1, 0.15) is 19.3 Å². The third kappa shape index (κ3) is 2.05. The van der Waals surface area contributed by atoms with Crippen molar-refractivity contribution in [3.05, 3.63) is 24.5 Å². The van der Waals surface area contributed by atoms with Gasteiger partial charge in [0.25, 0.3) is 0 Å². The molecule has 1 heterocycles. The van der Waals surface area contributed by atoms with Gasteiger partial charge in [0, 0.05) is 12.2 Å². The van der Waals surface area contributed by atoms with Gasteiger partial charge in [-0.15, -0.1) is 0 Å². The quantitative estimate of drug-likeness (QED) is 0.827. The van der Waals surface area contributed by atoms with Crippen LogP contribution in [0, 0.1) is 5.41 Å². The van der Waals surface area contributed by atoms with Crippen molar-refractivity contribution in [2.45, 2.75) is 19.3 Å². The number of carbonyl (C=O) groups is 1. The Morgan fingerprint density at radius 2 is 2.37 bits per heavy atom. The topological polar surface area (TPSA) is 67.0 Å². The molecule has 1 aromatic heterocycles. The van der Waals surface area contributed by atoms with Gasteiger partial charge in [-0.05, 0) is 31.0 Å². The van der Waals surface area contributed by atoms with Crippen molar-refractivity contribution >= 4 is 22.7 Å². The molecule has 0 atom stereocenters. The Kier molecular flexibility index (Phi) is 2.89. The number of carbonyl (C=O) groups excluding carboxylic acids is 1. The summed E-state index contributed by atoms with van der Waals surface area (Å²) in [5.41, 5.74) is 2.59. The van der Waals surface area contributed by atoms with Crippen LogP contribution in [0.3, 0.4) is 0 Å². The number of H-pyrrole nitrogens is 1. The maximum Gasteiger partial charge on any atom is 0.313 e. The van der Waals surface area contributed by atoms with E-state index in [0.717, 1.165) is 36.0 Å². The monoisotopic (exact) mass is 259 g/mol. The number of aromatic amines is 1. The first-order chi connectivity index (χ1) is 9.23. The van der Waals surface area contributed by atoms with E-state index >= 15 is 0 Å². The molecule has 5 nitrogen and oxygen atoms in total. The Hall–Kier alpha value is -2.04. The van der Waals surface area contributed by atoms with Gasteiger partial charge in [-0.3, -0.25) is 4.79 Å². The number of imidazole rings is 1. The Bertz CT molecular complexity index is 602. The standard InChI is InChI=1S/C14H17N3O2/c1-19-13(18)14(5-2-6-14)8-15-10-3-4-11-12(7-10)17-9-16-11/h3-4,7,9,15H,2,5-6,8H2,1H3,(H,16,17). The molecule has 1 aromatic carbocycles. The minimum Gasteiger partial charge on any atom is -0.469 e. The van der Waals surface area contributed by atoms with E-state index in [2.05, 4.69) is 15.3 Å². The predicted octanol–water partition coefficient (Wildman–Crippen LogP) is 2.32. The maximum atomic E-state index is 11.8. The van der Waals surface area contributed by atoms with Crippen molar-refractivity contribution in [1.82, 2.24) is 9.97 Å². The molecule has 1 saturated carbocycles. The summed E-state index contributed by atoms with van der Waals surface area (Å²) < 4.78 is 4.91. The zero-order valence-corrected chi connectivity index (χ0v) is 10.9. The third-order valence-electron chi connectivity index (χ3n) is 3.98. The molecule has 1 fully saturated rings. The van der Waals surface area contributed by atoms with Gasteiger partial charge in [0.1, 0.15) is 0 Å². The highest BCUT2D eigenvalue weighted by atomic mass is 16.5. The Morgan fingerprint density at radius 3 is 3.05 bits per heavy atom. The average molecular weight is 259 g/mol. The molecule has 5 heteroatoms. The summed E-state index contributed by atoms with van der Waals surface area (Å²) in [6.07, 6.45) is 4.57. The SMILES string of the molecule is COC(=O)C1(CNc2ccc3nc[nH]c3c2)CCC1. The molecular formula is C14H17N3O2. The number of esters is 1.